The molecule has 1 aromatic rings. The second-order valence-electron chi connectivity index (χ2n) is 4.31. The molecule has 0 unspecified atom stereocenters. The van der Waals surface area contributed by atoms with Gasteiger partial charge in [-0.05, 0) is 37.9 Å². The standard InChI is InChI=1S/C15H25NO.ClH/c1-2-3-13-17-14-7-11-16-12-10-15-8-5-4-6-9-15;/h4-6,8-9,16H,2-3,7,10-14H2,1H3;1H. The highest BCUT2D eigenvalue weighted by Gasteiger charge is 1.92. The molecule has 0 saturated heterocycles. The van der Waals surface area contributed by atoms with Gasteiger partial charge in [-0.1, -0.05) is 43.7 Å². The third-order valence-electron chi connectivity index (χ3n) is 2.72. The van der Waals surface area contributed by atoms with Crippen molar-refractivity contribution in [1.29, 1.82) is 0 Å². The van der Waals surface area contributed by atoms with Crippen molar-refractivity contribution >= 4 is 12.4 Å². The predicted octanol–water partition coefficient (Wildman–Crippen LogP) is 3.45. The highest BCUT2D eigenvalue weighted by Crippen LogP contribution is 1.98. The monoisotopic (exact) mass is 271 g/mol. The van der Waals surface area contributed by atoms with E-state index in [1.165, 1.54) is 18.4 Å². The Morgan fingerprint density at radius 1 is 1.00 bits per heavy atom. The first-order chi connectivity index (χ1) is 8.43. The van der Waals surface area contributed by atoms with Crippen molar-refractivity contribution in [2.45, 2.75) is 32.6 Å². The molecular formula is C15H26ClNO. The van der Waals surface area contributed by atoms with Gasteiger partial charge in [-0.3, -0.25) is 0 Å². The van der Waals surface area contributed by atoms with Crippen molar-refractivity contribution < 1.29 is 4.74 Å². The van der Waals surface area contributed by atoms with Crippen molar-refractivity contribution in [1.82, 2.24) is 5.32 Å². The summed E-state index contributed by atoms with van der Waals surface area (Å²) in [6.07, 6.45) is 4.62. The highest BCUT2D eigenvalue weighted by atomic mass is 35.5. The minimum atomic E-state index is 0. The number of benzene rings is 1. The highest BCUT2D eigenvalue weighted by molar-refractivity contribution is 5.85. The van der Waals surface area contributed by atoms with Gasteiger partial charge in [0.05, 0.1) is 0 Å². The first kappa shape index (κ1) is 17.4. The first-order valence-electron chi connectivity index (χ1n) is 6.76. The van der Waals surface area contributed by atoms with Gasteiger partial charge >= 0.3 is 0 Å². The topological polar surface area (TPSA) is 21.3 Å². The average molecular weight is 272 g/mol. The van der Waals surface area contributed by atoms with Crippen molar-refractivity contribution in [2.24, 2.45) is 0 Å². The first-order valence-corrected chi connectivity index (χ1v) is 6.76. The lowest BCUT2D eigenvalue weighted by molar-refractivity contribution is 0.129. The van der Waals surface area contributed by atoms with E-state index < -0.39 is 0 Å². The molecule has 0 fully saturated rings. The van der Waals surface area contributed by atoms with Crippen molar-refractivity contribution in [3.8, 4) is 0 Å². The minimum absolute atomic E-state index is 0. The molecule has 0 saturated carbocycles. The summed E-state index contributed by atoms with van der Waals surface area (Å²) in [6, 6.07) is 10.6. The fourth-order valence-electron chi connectivity index (χ4n) is 1.65. The van der Waals surface area contributed by atoms with E-state index in [4.69, 9.17) is 4.74 Å². The Morgan fingerprint density at radius 2 is 1.72 bits per heavy atom. The summed E-state index contributed by atoms with van der Waals surface area (Å²) in [7, 11) is 0. The van der Waals surface area contributed by atoms with E-state index >= 15 is 0 Å². The second kappa shape index (κ2) is 12.9. The van der Waals surface area contributed by atoms with Gasteiger partial charge < -0.3 is 10.1 Å². The van der Waals surface area contributed by atoms with Crippen LogP contribution in [0.3, 0.4) is 0 Å². The molecule has 0 spiro atoms. The normalized spacial score (nSPS) is 10.1. The lowest BCUT2D eigenvalue weighted by atomic mass is 10.1. The molecule has 2 nitrogen and oxygen atoms in total. The summed E-state index contributed by atoms with van der Waals surface area (Å²) in [5.74, 6) is 0. The lowest BCUT2D eigenvalue weighted by Crippen LogP contribution is -2.19. The van der Waals surface area contributed by atoms with E-state index in [0.717, 1.165) is 39.1 Å². The zero-order valence-corrected chi connectivity index (χ0v) is 12.2. The van der Waals surface area contributed by atoms with Crippen LogP contribution < -0.4 is 5.32 Å². The summed E-state index contributed by atoms with van der Waals surface area (Å²) in [5.41, 5.74) is 1.40. The van der Waals surface area contributed by atoms with E-state index in [1.807, 2.05) is 0 Å². The maximum absolute atomic E-state index is 5.50. The number of hydrogen-bond donors (Lipinski definition) is 1. The largest absolute Gasteiger partial charge is 0.381 e. The number of unbranched alkanes of at least 4 members (excludes halogenated alkanes) is 1. The van der Waals surface area contributed by atoms with Crippen LogP contribution in [-0.4, -0.2) is 26.3 Å². The van der Waals surface area contributed by atoms with Crippen LogP contribution in [0.2, 0.25) is 0 Å². The van der Waals surface area contributed by atoms with E-state index in [2.05, 4.69) is 42.6 Å². The molecule has 18 heavy (non-hydrogen) atoms. The SMILES string of the molecule is CCCCOCCCNCCc1ccccc1.Cl. The molecule has 1 rings (SSSR count). The Kier molecular flexibility index (Phi) is 12.5. The molecular weight excluding hydrogens is 246 g/mol. The number of hydrogen-bond acceptors (Lipinski definition) is 2. The molecule has 0 aliphatic carbocycles. The Hall–Kier alpha value is -0.570. The van der Waals surface area contributed by atoms with Crippen molar-refractivity contribution in [3.05, 3.63) is 35.9 Å². The zero-order chi connectivity index (χ0) is 12.2. The molecule has 3 heteroatoms. The molecule has 0 aliphatic heterocycles. The number of ether oxygens (including phenoxy) is 1. The number of rotatable bonds is 10. The van der Waals surface area contributed by atoms with E-state index in [9.17, 15) is 0 Å². The summed E-state index contributed by atoms with van der Waals surface area (Å²) >= 11 is 0. The van der Waals surface area contributed by atoms with Gasteiger partial charge in [-0.15, -0.1) is 12.4 Å². The lowest BCUT2D eigenvalue weighted by Gasteiger charge is -2.05. The van der Waals surface area contributed by atoms with Gasteiger partial charge in [0.25, 0.3) is 0 Å². The summed E-state index contributed by atoms with van der Waals surface area (Å²) in [6.45, 7) is 6.10. The molecule has 1 aromatic carbocycles. The van der Waals surface area contributed by atoms with Crippen LogP contribution in [0.1, 0.15) is 31.7 Å². The summed E-state index contributed by atoms with van der Waals surface area (Å²) < 4.78 is 5.50. The van der Waals surface area contributed by atoms with Crippen molar-refractivity contribution in [2.75, 3.05) is 26.3 Å². The van der Waals surface area contributed by atoms with Crippen LogP contribution in [0.4, 0.5) is 0 Å². The van der Waals surface area contributed by atoms with Gasteiger partial charge in [0.1, 0.15) is 0 Å². The minimum Gasteiger partial charge on any atom is -0.381 e. The molecule has 0 heterocycles. The molecule has 0 atom stereocenters. The second-order valence-corrected chi connectivity index (χ2v) is 4.31. The predicted molar refractivity (Wildman–Crippen MR) is 80.6 cm³/mol. The van der Waals surface area contributed by atoms with Gasteiger partial charge in [0, 0.05) is 13.2 Å². The molecule has 1 N–H and O–H groups in total. The fourth-order valence-corrected chi connectivity index (χ4v) is 1.65. The van der Waals surface area contributed by atoms with Crippen LogP contribution in [0.15, 0.2) is 30.3 Å². The molecule has 0 aliphatic rings. The smallest absolute Gasteiger partial charge is 0.0478 e. The average Bonchev–Trinajstić information content (AvgIpc) is 2.38. The number of nitrogens with one attached hydrogen (secondary N) is 1. The van der Waals surface area contributed by atoms with Gasteiger partial charge in [0.2, 0.25) is 0 Å². The summed E-state index contributed by atoms with van der Waals surface area (Å²) in [5, 5.41) is 3.44. The molecule has 0 bridgehead atoms. The van der Waals surface area contributed by atoms with E-state index in [-0.39, 0.29) is 12.4 Å². The van der Waals surface area contributed by atoms with Crippen LogP contribution in [0, 0.1) is 0 Å². The van der Waals surface area contributed by atoms with Crippen molar-refractivity contribution in [3.63, 3.8) is 0 Å². The molecule has 0 aromatic heterocycles. The Balaban J connectivity index is 0.00000289. The van der Waals surface area contributed by atoms with Crippen LogP contribution in [0.5, 0.6) is 0 Å². The maximum Gasteiger partial charge on any atom is 0.0478 e. The zero-order valence-electron chi connectivity index (χ0n) is 11.4. The van der Waals surface area contributed by atoms with Gasteiger partial charge in [0.15, 0.2) is 0 Å². The molecule has 0 radical (unpaired) electrons. The van der Waals surface area contributed by atoms with Crippen LogP contribution in [0.25, 0.3) is 0 Å². The molecule has 104 valence electrons. The van der Waals surface area contributed by atoms with Crippen LogP contribution in [-0.2, 0) is 11.2 Å². The maximum atomic E-state index is 5.50. The van der Waals surface area contributed by atoms with Gasteiger partial charge in [-0.2, -0.15) is 0 Å². The quantitative estimate of drug-likeness (QED) is 0.658. The third kappa shape index (κ3) is 9.46. The van der Waals surface area contributed by atoms with E-state index in [0.29, 0.717) is 0 Å². The Labute approximate surface area is 118 Å². The summed E-state index contributed by atoms with van der Waals surface area (Å²) in [4.78, 5) is 0. The number of halogens is 1. The van der Waals surface area contributed by atoms with Gasteiger partial charge in [-0.25, -0.2) is 0 Å². The third-order valence-corrected chi connectivity index (χ3v) is 2.72. The molecule has 0 amide bonds. The Bertz CT molecular complexity index is 266. The van der Waals surface area contributed by atoms with Crippen LogP contribution >= 0.6 is 12.4 Å². The fraction of sp³-hybridized carbons (Fsp3) is 0.600. The Morgan fingerprint density at radius 3 is 2.44 bits per heavy atom. The van der Waals surface area contributed by atoms with E-state index in [1.54, 1.807) is 0 Å².